The summed E-state index contributed by atoms with van der Waals surface area (Å²) < 4.78 is 0. The average molecular weight is 241 g/mol. The van der Waals surface area contributed by atoms with E-state index in [0.717, 1.165) is 24.5 Å². The first-order chi connectivity index (χ1) is 7.69. The molecule has 16 heavy (non-hydrogen) atoms. The van der Waals surface area contributed by atoms with Crippen molar-refractivity contribution in [2.75, 3.05) is 0 Å². The van der Waals surface area contributed by atoms with Gasteiger partial charge >= 0.3 is 0 Å². The van der Waals surface area contributed by atoms with Gasteiger partial charge in [-0.15, -0.1) is 11.3 Å². The number of hydrogen-bond donors (Lipinski definition) is 2. The van der Waals surface area contributed by atoms with Gasteiger partial charge in [0.15, 0.2) is 0 Å². The van der Waals surface area contributed by atoms with Crippen LogP contribution < -0.4 is 11.3 Å². The van der Waals surface area contributed by atoms with E-state index in [4.69, 9.17) is 5.84 Å². The largest absolute Gasteiger partial charge is 0.271 e. The summed E-state index contributed by atoms with van der Waals surface area (Å²) in [4.78, 5) is 4.48. The highest BCUT2D eigenvalue weighted by atomic mass is 32.1. The lowest BCUT2D eigenvalue weighted by Crippen LogP contribution is -2.38. The van der Waals surface area contributed by atoms with Crippen LogP contribution in [0.15, 0.2) is 5.38 Å². The molecule has 0 aliphatic carbocycles. The summed E-state index contributed by atoms with van der Waals surface area (Å²) in [5, 5.41) is 3.28. The maximum absolute atomic E-state index is 5.61. The summed E-state index contributed by atoms with van der Waals surface area (Å²) in [5.74, 6) is 6.38. The first-order valence-electron chi connectivity index (χ1n) is 6.06. The minimum atomic E-state index is 0.357. The van der Waals surface area contributed by atoms with E-state index in [0.29, 0.717) is 6.04 Å². The fourth-order valence-corrected chi connectivity index (χ4v) is 2.80. The van der Waals surface area contributed by atoms with Gasteiger partial charge in [-0.25, -0.2) is 4.98 Å². The van der Waals surface area contributed by atoms with Crippen LogP contribution in [0.4, 0.5) is 0 Å². The number of nitrogens with zero attached hydrogens (tertiary/aromatic N) is 1. The van der Waals surface area contributed by atoms with Gasteiger partial charge in [0.25, 0.3) is 0 Å². The zero-order valence-electron chi connectivity index (χ0n) is 10.5. The summed E-state index contributed by atoms with van der Waals surface area (Å²) in [6.45, 7) is 6.52. The number of rotatable bonds is 7. The Bertz CT molecular complexity index is 294. The Morgan fingerprint density at radius 1 is 1.44 bits per heavy atom. The Morgan fingerprint density at radius 3 is 2.56 bits per heavy atom. The average Bonchev–Trinajstić information content (AvgIpc) is 2.70. The molecule has 92 valence electrons. The van der Waals surface area contributed by atoms with E-state index in [9.17, 15) is 0 Å². The Hall–Kier alpha value is -0.450. The van der Waals surface area contributed by atoms with Crippen LogP contribution in [0.3, 0.4) is 0 Å². The highest BCUT2D eigenvalue weighted by Gasteiger charge is 2.14. The number of nitrogens with two attached hydrogens (primary N) is 1. The van der Waals surface area contributed by atoms with Crippen LogP contribution in [0.1, 0.15) is 43.8 Å². The van der Waals surface area contributed by atoms with E-state index < -0.39 is 0 Å². The number of nitrogens with one attached hydrogen (secondary N) is 1. The van der Waals surface area contributed by atoms with Crippen LogP contribution in [-0.2, 0) is 6.42 Å². The fraction of sp³-hybridized carbons (Fsp3) is 0.750. The van der Waals surface area contributed by atoms with Gasteiger partial charge in [-0.2, -0.15) is 0 Å². The number of hydrazine groups is 1. The van der Waals surface area contributed by atoms with Crippen LogP contribution >= 0.6 is 11.3 Å². The molecule has 0 bridgehead atoms. The smallest absolute Gasteiger partial charge is 0.0944 e. The topological polar surface area (TPSA) is 50.9 Å². The van der Waals surface area contributed by atoms with Crippen molar-refractivity contribution < 1.29 is 0 Å². The molecule has 1 unspecified atom stereocenters. The molecule has 0 aromatic carbocycles. The minimum Gasteiger partial charge on any atom is -0.271 e. The maximum Gasteiger partial charge on any atom is 0.0944 e. The van der Waals surface area contributed by atoms with E-state index >= 15 is 0 Å². The summed E-state index contributed by atoms with van der Waals surface area (Å²) in [6.07, 6.45) is 4.55. The van der Waals surface area contributed by atoms with Crippen molar-refractivity contribution in [1.82, 2.24) is 10.4 Å². The molecule has 1 atom stereocenters. The van der Waals surface area contributed by atoms with Gasteiger partial charge in [-0.05, 0) is 19.3 Å². The Balaban J connectivity index is 2.48. The van der Waals surface area contributed by atoms with Gasteiger partial charge in [0.1, 0.15) is 0 Å². The van der Waals surface area contributed by atoms with Gasteiger partial charge in [0.2, 0.25) is 0 Å². The van der Waals surface area contributed by atoms with E-state index in [1.807, 2.05) is 6.92 Å². The van der Waals surface area contributed by atoms with E-state index in [-0.39, 0.29) is 0 Å². The standard InChI is InChI=1S/C12H23N3S/c1-4-10(5-2)6-11(15-13)7-12-14-9(3)8-16-12/h8,10-11,15H,4-7,13H2,1-3H3. The highest BCUT2D eigenvalue weighted by Crippen LogP contribution is 2.18. The molecule has 0 saturated carbocycles. The fourth-order valence-electron chi connectivity index (χ4n) is 1.94. The first-order valence-corrected chi connectivity index (χ1v) is 6.94. The normalized spacial score (nSPS) is 13.3. The summed E-state index contributed by atoms with van der Waals surface area (Å²) in [7, 11) is 0. The Morgan fingerprint density at radius 2 is 2.12 bits per heavy atom. The summed E-state index contributed by atoms with van der Waals surface area (Å²) in [5.41, 5.74) is 4.04. The van der Waals surface area contributed by atoms with Gasteiger partial charge in [-0.1, -0.05) is 26.7 Å². The molecule has 3 N–H and O–H groups in total. The first kappa shape index (κ1) is 13.6. The molecule has 0 amide bonds. The van der Waals surface area contributed by atoms with Crippen molar-refractivity contribution in [3.05, 3.63) is 16.1 Å². The molecule has 0 aliphatic heterocycles. The maximum atomic E-state index is 5.61. The molecule has 1 aromatic heterocycles. The van der Waals surface area contributed by atoms with E-state index in [1.54, 1.807) is 11.3 Å². The lowest BCUT2D eigenvalue weighted by atomic mass is 9.94. The van der Waals surface area contributed by atoms with Crippen molar-refractivity contribution in [3.8, 4) is 0 Å². The molecular weight excluding hydrogens is 218 g/mol. The molecule has 3 nitrogen and oxygen atoms in total. The van der Waals surface area contributed by atoms with Crippen LogP contribution in [0.5, 0.6) is 0 Å². The summed E-state index contributed by atoms with van der Waals surface area (Å²) >= 11 is 1.73. The van der Waals surface area contributed by atoms with Gasteiger partial charge in [-0.3, -0.25) is 11.3 Å². The van der Waals surface area contributed by atoms with Crippen molar-refractivity contribution >= 4 is 11.3 Å². The van der Waals surface area contributed by atoms with E-state index in [1.165, 1.54) is 17.8 Å². The quantitative estimate of drug-likeness (QED) is 0.570. The van der Waals surface area contributed by atoms with Crippen LogP contribution in [0.25, 0.3) is 0 Å². The number of aryl methyl sites for hydroxylation is 1. The second-order valence-electron chi connectivity index (χ2n) is 4.37. The van der Waals surface area contributed by atoms with E-state index in [2.05, 4.69) is 29.6 Å². The predicted molar refractivity (Wildman–Crippen MR) is 70.4 cm³/mol. The van der Waals surface area contributed by atoms with Gasteiger partial charge in [0, 0.05) is 23.5 Å². The Kier molecular flexibility index (Phi) is 5.95. The van der Waals surface area contributed by atoms with Crippen molar-refractivity contribution in [2.45, 2.75) is 52.5 Å². The second-order valence-corrected chi connectivity index (χ2v) is 5.31. The second kappa shape index (κ2) is 6.99. The zero-order valence-corrected chi connectivity index (χ0v) is 11.3. The Labute approximate surface area is 102 Å². The molecule has 0 aliphatic rings. The molecular formula is C12H23N3S. The third kappa shape index (κ3) is 4.20. The van der Waals surface area contributed by atoms with Crippen LogP contribution in [-0.4, -0.2) is 11.0 Å². The highest BCUT2D eigenvalue weighted by molar-refractivity contribution is 7.09. The summed E-state index contributed by atoms with van der Waals surface area (Å²) in [6, 6.07) is 0.357. The molecule has 0 spiro atoms. The monoisotopic (exact) mass is 241 g/mol. The predicted octanol–water partition coefficient (Wildman–Crippen LogP) is 2.65. The molecule has 0 fully saturated rings. The van der Waals surface area contributed by atoms with Crippen molar-refractivity contribution in [1.29, 1.82) is 0 Å². The zero-order chi connectivity index (χ0) is 12.0. The van der Waals surface area contributed by atoms with Crippen LogP contribution in [0, 0.1) is 12.8 Å². The number of thiazole rings is 1. The van der Waals surface area contributed by atoms with Gasteiger partial charge in [0.05, 0.1) is 5.01 Å². The third-order valence-corrected chi connectivity index (χ3v) is 4.08. The lowest BCUT2D eigenvalue weighted by Gasteiger charge is -2.20. The number of hydrogen-bond acceptors (Lipinski definition) is 4. The third-order valence-electron chi connectivity index (χ3n) is 3.10. The molecule has 1 aromatic rings. The molecule has 1 rings (SSSR count). The number of aromatic nitrogens is 1. The van der Waals surface area contributed by atoms with Gasteiger partial charge < -0.3 is 0 Å². The van der Waals surface area contributed by atoms with Crippen LogP contribution in [0.2, 0.25) is 0 Å². The molecule has 0 radical (unpaired) electrons. The SMILES string of the molecule is CCC(CC)CC(Cc1nc(C)cs1)NN. The molecule has 1 heterocycles. The molecule has 0 saturated heterocycles. The van der Waals surface area contributed by atoms with Crippen molar-refractivity contribution in [2.24, 2.45) is 11.8 Å². The lowest BCUT2D eigenvalue weighted by molar-refractivity contribution is 0.366. The minimum absolute atomic E-state index is 0.357. The molecule has 4 heteroatoms. The van der Waals surface area contributed by atoms with Crippen molar-refractivity contribution in [3.63, 3.8) is 0 Å².